The maximum absolute atomic E-state index is 10.1. The van der Waals surface area contributed by atoms with Gasteiger partial charge in [0.15, 0.2) is 0 Å². The Labute approximate surface area is 71.6 Å². The van der Waals surface area contributed by atoms with Crippen molar-refractivity contribution in [3.63, 3.8) is 0 Å². The molecule has 11 heavy (non-hydrogen) atoms. The molecule has 0 saturated carbocycles. The Hall–Kier alpha value is -0.260. The van der Waals surface area contributed by atoms with Gasteiger partial charge in [0.25, 0.3) is 0 Å². The molecular weight excluding hydrogens is 164 g/mol. The minimum atomic E-state index is -1.46. The minimum Gasteiger partial charge on any atom is -0.374 e. The lowest BCUT2D eigenvalue weighted by Crippen LogP contribution is -2.65. The van der Waals surface area contributed by atoms with Gasteiger partial charge >= 0.3 is 0 Å². The third-order valence-corrected chi connectivity index (χ3v) is 2.44. The fraction of sp³-hybridized carbons (Fsp3) is 0.833. The summed E-state index contributed by atoms with van der Waals surface area (Å²) in [7, 11) is 0. The molecule has 5 heteroatoms. The summed E-state index contributed by atoms with van der Waals surface area (Å²) >= 11 is 3.97. The van der Waals surface area contributed by atoms with Gasteiger partial charge in [-0.15, -0.1) is 0 Å². The lowest BCUT2D eigenvalue weighted by molar-refractivity contribution is -0.114. The zero-order chi connectivity index (χ0) is 9.12. The van der Waals surface area contributed by atoms with Gasteiger partial charge in [-0.2, -0.15) is 12.6 Å². The molecule has 0 rings (SSSR count). The fourth-order valence-corrected chi connectivity index (χ4v) is 0.893. The molecule has 0 aromatic heterocycles. The van der Waals surface area contributed by atoms with Crippen molar-refractivity contribution in [1.29, 1.82) is 0 Å². The third kappa shape index (κ3) is 2.36. The van der Waals surface area contributed by atoms with Gasteiger partial charge in [-0.3, -0.25) is 4.79 Å². The number of amides is 1. The molecule has 0 saturated heterocycles. The standard InChI is InChI=1S/C6H14N2O2S/c1-5(3-11,8-4-9)6(2,7)10/h4,10-11H,3,7H2,1-2H3,(H,8,9). The van der Waals surface area contributed by atoms with E-state index in [2.05, 4.69) is 17.9 Å². The molecule has 2 unspecified atom stereocenters. The van der Waals surface area contributed by atoms with Crippen LogP contribution in [-0.4, -0.2) is 28.5 Å². The maximum atomic E-state index is 10.1. The second-order valence-electron chi connectivity index (χ2n) is 2.90. The van der Waals surface area contributed by atoms with Crippen LogP contribution in [0.3, 0.4) is 0 Å². The summed E-state index contributed by atoms with van der Waals surface area (Å²) in [6, 6.07) is 0. The van der Waals surface area contributed by atoms with Crippen molar-refractivity contribution < 1.29 is 9.90 Å². The lowest BCUT2D eigenvalue weighted by Gasteiger charge is -2.38. The number of carbonyl (C=O) groups excluding carboxylic acids is 1. The molecule has 0 spiro atoms. The molecule has 0 fully saturated rings. The minimum absolute atomic E-state index is 0.273. The highest BCUT2D eigenvalue weighted by Gasteiger charge is 2.38. The smallest absolute Gasteiger partial charge is 0.207 e. The zero-order valence-electron chi connectivity index (χ0n) is 6.66. The Morgan fingerprint density at radius 2 is 2.18 bits per heavy atom. The van der Waals surface area contributed by atoms with Crippen LogP contribution in [0.15, 0.2) is 0 Å². The molecule has 4 nitrogen and oxygen atoms in total. The second kappa shape index (κ2) is 3.42. The van der Waals surface area contributed by atoms with Gasteiger partial charge in [-0.1, -0.05) is 0 Å². The number of thiol groups is 1. The molecule has 1 amide bonds. The summed E-state index contributed by atoms with van der Waals surface area (Å²) < 4.78 is 0. The van der Waals surface area contributed by atoms with E-state index in [1.165, 1.54) is 6.92 Å². The molecule has 4 N–H and O–H groups in total. The Morgan fingerprint density at radius 3 is 2.27 bits per heavy atom. The van der Waals surface area contributed by atoms with E-state index in [0.29, 0.717) is 6.41 Å². The van der Waals surface area contributed by atoms with Crippen LogP contribution in [0.2, 0.25) is 0 Å². The first-order valence-electron chi connectivity index (χ1n) is 3.21. The van der Waals surface area contributed by atoms with Gasteiger partial charge in [0, 0.05) is 5.75 Å². The number of aliphatic hydroxyl groups is 1. The van der Waals surface area contributed by atoms with Gasteiger partial charge in [-0.05, 0) is 13.8 Å². The molecule has 0 heterocycles. The van der Waals surface area contributed by atoms with E-state index in [0.717, 1.165) is 0 Å². The lowest BCUT2D eigenvalue weighted by atomic mass is 9.93. The number of carbonyl (C=O) groups is 1. The van der Waals surface area contributed by atoms with E-state index in [-0.39, 0.29) is 5.75 Å². The van der Waals surface area contributed by atoms with E-state index in [1.807, 2.05) is 0 Å². The molecule has 0 aromatic carbocycles. The summed E-state index contributed by atoms with van der Waals surface area (Å²) in [5.41, 5.74) is 3.04. The van der Waals surface area contributed by atoms with Crippen LogP contribution in [-0.2, 0) is 4.79 Å². The third-order valence-electron chi connectivity index (χ3n) is 1.81. The van der Waals surface area contributed by atoms with Crippen LogP contribution in [0, 0.1) is 0 Å². The molecular formula is C6H14N2O2S. The van der Waals surface area contributed by atoms with Crippen LogP contribution in [0.1, 0.15) is 13.8 Å². The average molecular weight is 178 g/mol. The highest BCUT2D eigenvalue weighted by atomic mass is 32.1. The van der Waals surface area contributed by atoms with Gasteiger partial charge in [-0.25, -0.2) is 0 Å². The van der Waals surface area contributed by atoms with E-state index in [9.17, 15) is 9.90 Å². The number of nitrogens with one attached hydrogen (secondary N) is 1. The SMILES string of the molecule is CC(N)(O)C(C)(CS)NC=O. The van der Waals surface area contributed by atoms with Gasteiger partial charge in [0.2, 0.25) is 6.41 Å². The summed E-state index contributed by atoms with van der Waals surface area (Å²) in [4.78, 5) is 10.1. The fourth-order valence-electron chi connectivity index (χ4n) is 0.482. The summed E-state index contributed by atoms with van der Waals surface area (Å²) in [5, 5.41) is 11.8. The molecule has 2 atom stereocenters. The maximum Gasteiger partial charge on any atom is 0.207 e. The van der Waals surface area contributed by atoms with Crippen LogP contribution < -0.4 is 11.1 Å². The number of rotatable bonds is 4. The Bertz CT molecular complexity index is 146. The first-order valence-corrected chi connectivity index (χ1v) is 3.84. The topological polar surface area (TPSA) is 75.3 Å². The van der Waals surface area contributed by atoms with Crippen molar-refractivity contribution in [2.45, 2.75) is 25.1 Å². The van der Waals surface area contributed by atoms with Crippen molar-refractivity contribution >= 4 is 19.0 Å². The van der Waals surface area contributed by atoms with E-state index >= 15 is 0 Å². The van der Waals surface area contributed by atoms with Gasteiger partial charge in [0.1, 0.15) is 5.72 Å². The Balaban J connectivity index is 4.45. The molecule has 0 bridgehead atoms. The Morgan fingerprint density at radius 1 is 1.73 bits per heavy atom. The predicted molar refractivity (Wildman–Crippen MR) is 46.3 cm³/mol. The van der Waals surface area contributed by atoms with Crippen molar-refractivity contribution in [3.05, 3.63) is 0 Å². The van der Waals surface area contributed by atoms with Crippen molar-refractivity contribution in [3.8, 4) is 0 Å². The summed E-state index contributed by atoms with van der Waals surface area (Å²) in [6.45, 7) is 3.04. The van der Waals surface area contributed by atoms with E-state index < -0.39 is 11.3 Å². The van der Waals surface area contributed by atoms with Crippen molar-refractivity contribution in [1.82, 2.24) is 5.32 Å². The van der Waals surface area contributed by atoms with Crippen LogP contribution in [0.5, 0.6) is 0 Å². The summed E-state index contributed by atoms with van der Waals surface area (Å²) in [5.74, 6) is 0.273. The normalized spacial score (nSPS) is 21.5. The molecule has 0 aliphatic rings. The molecule has 66 valence electrons. The Kier molecular flexibility index (Phi) is 3.34. The van der Waals surface area contributed by atoms with Crippen molar-refractivity contribution in [2.75, 3.05) is 5.75 Å². The number of hydrogen-bond acceptors (Lipinski definition) is 4. The highest BCUT2D eigenvalue weighted by Crippen LogP contribution is 2.17. The quantitative estimate of drug-likeness (QED) is 0.256. The summed E-state index contributed by atoms with van der Waals surface area (Å²) in [6.07, 6.45) is 0.498. The first kappa shape index (κ1) is 10.7. The van der Waals surface area contributed by atoms with Gasteiger partial charge < -0.3 is 16.2 Å². The van der Waals surface area contributed by atoms with E-state index in [4.69, 9.17) is 5.73 Å². The van der Waals surface area contributed by atoms with Gasteiger partial charge in [0.05, 0.1) is 5.54 Å². The van der Waals surface area contributed by atoms with Crippen LogP contribution >= 0.6 is 12.6 Å². The van der Waals surface area contributed by atoms with Crippen molar-refractivity contribution in [2.24, 2.45) is 5.73 Å². The monoisotopic (exact) mass is 178 g/mol. The predicted octanol–water partition coefficient (Wildman–Crippen LogP) is -0.912. The van der Waals surface area contributed by atoms with Crippen LogP contribution in [0.25, 0.3) is 0 Å². The van der Waals surface area contributed by atoms with Crippen LogP contribution in [0.4, 0.5) is 0 Å². The number of hydrogen-bond donors (Lipinski definition) is 4. The molecule has 0 aromatic rings. The first-order chi connectivity index (χ1) is 4.87. The zero-order valence-corrected chi connectivity index (χ0v) is 7.56. The average Bonchev–Trinajstić information content (AvgIpc) is 1.86. The van der Waals surface area contributed by atoms with E-state index in [1.54, 1.807) is 6.92 Å². The second-order valence-corrected chi connectivity index (χ2v) is 3.22. The molecule has 0 aliphatic carbocycles. The molecule has 0 aliphatic heterocycles. The highest BCUT2D eigenvalue weighted by molar-refractivity contribution is 7.80. The molecule has 0 radical (unpaired) electrons. The largest absolute Gasteiger partial charge is 0.374 e. The number of nitrogens with two attached hydrogens (primary N) is 1.